The average molecular weight is 392 g/mol. The van der Waals surface area contributed by atoms with E-state index in [0.717, 1.165) is 37.4 Å². The van der Waals surface area contributed by atoms with E-state index in [9.17, 15) is 9.90 Å². The molecule has 0 radical (unpaired) electrons. The van der Waals surface area contributed by atoms with Crippen LogP contribution in [-0.2, 0) is 11.2 Å². The molecule has 1 unspecified atom stereocenters. The van der Waals surface area contributed by atoms with Crippen LogP contribution in [-0.4, -0.2) is 34.0 Å². The number of likely N-dealkylation sites (tertiary alicyclic amines) is 1. The van der Waals surface area contributed by atoms with Gasteiger partial charge in [0.05, 0.1) is 5.01 Å². The monoisotopic (exact) mass is 391 g/mol. The van der Waals surface area contributed by atoms with Crippen LogP contribution in [0.25, 0.3) is 0 Å². The number of aliphatic hydroxyl groups excluding tert-OH is 1. The highest BCUT2D eigenvalue weighted by Crippen LogP contribution is 2.31. The third-order valence-electron chi connectivity index (χ3n) is 4.60. The second kappa shape index (κ2) is 9.30. The third-order valence-corrected chi connectivity index (χ3v) is 6.56. The number of aliphatic hydroxyl groups is 1. The highest BCUT2D eigenvalue weighted by Gasteiger charge is 2.26. The molecular formula is C19H25N3O2S2. The van der Waals surface area contributed by atoms with Crippen molar-refractivity contribution in [3.8, 4) is 0 Å². The molecule has 1 aliphatic rings. The molecular weight excluding hydrogens is 366 g/mol. The molecule has 1 atom stereocenters. The summed E-state index contributed by atoms with van der Waals surface area (Å²) in [5.74, 6) is 0.631. The first-order chi connectivity index (χ1) is 12.7. The van der Waals surface area contributed by atoms with Gasteiger partial charge in [0.2, 0.25) is 5.91 Å². The first kappa shape index (κ1) is 19.1. The lowest BCUT2D eigenvalue weighted by Gasteiger charge is -2.31. The van der Waals surface area contributed by atoms with Crippen LogP contribution in [0.4, 0.5) is 0 Å². The number of thiazole rings is 1. The Labute approximate surface area is 162 Å². The van der Waals surface area contributed by atoms with Gasteiger partial charge >= 0.3 is 0 Å². The number of thiophene rings is 1. The number of amides is 1. The summed E-state index contributed by atoms with van der Waals surface area (Å²) in [4.78, 5) is 20.3. The first-order valence-corrected chi connectivity index (χ1v) is 10.7. The van der Waals surface area contributed by atoms with Crippen molar-refractivity contribution in [3.05, 3.63) is 50.7 Å². The van der Waals surface area contributed by atoms with Gasteiger partial charge in [-0.3, -0.25) is 4.79 Å². The lowest BCUT2D eigenvalue weighted by atomic mass is 9.97. The molecule has 1 aliphatic heterocycles. The Morgan fingerprint density at radius 3 is 2.96 bits per heavy atom. The van der Waals surface area contributed by atoms with Crippen molar-refractivity contribution >= 4 is 28.6 Å². The van der Waals surface area contributed by atoms with Crippen molar-refractivity contribution in [1.82, 2.24) is 15.2 Å². The zero-order valence-electron chi connectivity index (χ0n) is 14.9. The quantitative estimate of drug-likeness (QED) is 0.707. The summed E-state index contributed by atoms with van der Waals surface area (Å²) in [5, 5.41) is 18.0. The molecule has 0 saturated carbocycles. The van der Waals surface area contributed by atoms with Crippen LogP contribution in [0.1, 0.15) is 53.9 Å². The van der Waals surface area contributed by atoms with Crippen LogP contribution in [0.5, 0.6) is 0 Å². The summed E-state index contributed by atoms with van der Waals surface area (Å²) in [6.07, 6.45) is 6.09. The Kier molecular flexibility index (Phi) is 6.82. The van der Waals surface area contributed by atoms with Crippen molar-refractivity contribution in [1.29, 1.82) is 0 Å². The van der Waals surface area contributed by atoms with E-state index < -0.39 is 6.23 Å². The van der Waals surface area contributed by atoms with Gasteiger partial charge in [0.25, 0.3) is 0 Å². The second-order valence-corrected chi connectivity index (χ2v) is 8.34. The molecule has 1 amide bonds. The van der Waals surface area contributed by atoms with E-state index in [1.165, 1.54) is 4.88 Å². The average Bonchev–Trinajstić information content (AvgIpc) is 3.36. The van der Waals surface area contributed by atoms with Gasteiger partial charge in [0.15, 0.2) is 6.23 Å². The second-order valence-electron chi connectivity index (χ2n) is 6.41. The molecule has 0 aliphatic carbocycles. The van der Waals surface area contributed by atoms with Gasteiger partial charge in [-0.2, -0.15) is 0 Å². The molecule has 2 aromatic rings. The zero-order valence-corrected chi connectivity index (χ0v) is 16.6. The van der Waals surface area contributed by atoms with E-state index >= 15 is 0 Å². The smallest absolute Gasteiger partial charge is 0.222 e. The van der Waals surface area contributed by atoms with Gasteiger partial charge in [0.1, 0.15) is 5.69 Å². The predicted octanol–water partition coefficient (Wildman–Crippen LogP) is 3.66. The van der Waals surface area contributed by atoms with Gasteiger partial charge < -0.3 is 15.3 Å². The van der Waals surface area contributed by atoms with Crippen molar-refractivity contribution in [2.75, 3.05) is 13.1 Å². The minimum Gasteiger partial charge on any atom is -0.368 e. The maximum atomic E-state index is 12.4. The van der Waals surface area contributed by atoms with E-state index in [2.05, 4.69) is 21.7 Å². The maximum Gasteiger partial charge on any atom is 0.222 e. The van der Waals surface area contributed by atoms with Gasteiger partial charge in [0, 0.05) is 35.7 Å². The number of aromatic nitrogens is 1. The lowest BCUT2D eigenvalue weighted by Crippen LogP contribution is -2.38. The standard InChI is InChI=1S/C19H25N3O2S2/c1-2-9-20-18(24)16-13-26-19(21-16)14-7-10-22(11-8-14)17(23)6-5-15-4-3-12-25-15/h2-4,9,12-14,18,20,24H,5-8,10-11H2,1H3/b9-2+. The fraction of sp³-hybridized carbons (Fsp3) is 0.474. The molecule has 1 saturated heterocycles. The highest BCUT2D eigenvalue weighted by molar-refractivity contribution is 7.10. The molecule has 5 nitrogen and oxygen atoms in total. The molecule has 7 heteroatoms. The van der Waals surface area contributed by atoms with Crippen LogP contribution in [0.2, 0.25) is 0 Å². The molecule has 140 valence electrons. The van der Waals surface area contributed by atoms with E-state index in [0.29, 0.717) is 18.0 Å². The normalized spacial score (nSPS) is 16.9. The van der Waals surface area contributed by atoms with Crippen molar-refractivity contribution < 1.29 is 9.90 Å². The van der Waals surface area contributed by atoms with Crippen LogP contribution < -0.4 is 5.32 Å². The summed E-state index contributed by atoms with van der Waals surface area (Å²) >= 11 is 3.31. The van der Waals surface area contributed by atoms with E-state index in [-0.39, 0.29) is 5.91 Å². The Morgan fingerprint density at radius 2 is 2.27 bits per heavy atom. The Bertz CT molecular complexity index is 719. The van der Waals surface area contributed by atoms with Crippen molar-refractivity contribution in [2.45, 2.75) is 44.8 Å². The number of carbonyl (C=O) groups excluding carboxylic acids is 1. The molecule has 0 bridgehead atoms. The number of nitrogens with one attached hydrogen (secondary N) is 1. The highest BCUT2D eigenvalue weighted by atomic mass is 32.1. The number of rotatable bonds is 7. The topological polar surface area (TPSA) is 65.5 Å². The third kappa shape index (κ3) is 4.93. The number of hydrogen-bond acceptors (Lipinski definition) is 6. The SMILES string of the molecule is C/C=C/NC(O)c1csc(C2CCN(C(=O)CCc3cccs3)CC2)n1. The fourth-order valence-electron chi connectivity index (χ4n) is 3.11. The van der Waals surface area contributed by atoms with Crippen molar-refractivity contribution in [2.24, 2.45) is 0 Å². The zero-order chi connectivity index (χ0) is 18.4. The Morgan fingerprint density at radius 1 is 1.46 bits per heavy atom. The minimum atomic E-state index is -0.768. The Balaban J connectivity index is 1.47. The summed E-state index contributed by atoms with van der Waals surface area (Å²) in [7, 11) is 0. The molecule has 0 spiro atoms. The van der Waals surface area contributed by atoms with Crippen LogP contribution >= 0.6 is 22.7 Å². The first-order valence-electron chi connectivity index (χ1n) is 8.98. The van der Waals surface area contributed by atoms with E-state index in [4.69, 9.17) is 0 Å². The number of carbonyl (C=O) groups is 1. The number of nitrogens with zero attached hydrogens (tertiary/aromatic N) is 2. The molecule has 2 aromatic heterocycles. The van der Waals surface area contributed by atoms with Gasteiger partial charge in [-0.15, -0.1) is 22.7 Å². The largest absolute Gasteiger partial charge is 0.368 e. The lowest BCUT2D eigenvalue weighted by molar-refractivity contribution is -0.132. The van der Waals surface area contributed by atoms with Gasteiger partial charge in [-0.05, 0) is 43.8 Å². The molecule has 2 N–H and O–H groups in total. The van der Waals surface area contributed by atoms with Crippen LogP contribution in [0.15, 0.2) is 35.2 Å². The Hall–Kier alpha value is -1.70. The number of piperidine rings is 1. The summed E-state index contributed by atoms with van der Waals surface area (Å²) in [5.41, 5.74) is 0.664. The van der Waals surface area contributed by atoms with E-state index in [1.54, 1.807) is 28.9 Å². The fourth-order valence-corrected chi connectivity index (χ4v) is 4.82. The molecule has 26 heavy (non-hydrogen) atoms. The number of aryl methyl sites for hydroxylation is 1. The molecule has 3 heterocycles. The summed E-state index contributed by atoms with van der Waals surface area (Å²) < 4.78 is 0. The minimum absolute atomic E-state index is 0.252. The van der Waals surface area contributed by atoms with Crippen LogP contribution in [0.3, 0.4) is 0 Å². The van der Waals surface area contributed by atoms with Gasteiger partial charge in [-0.1, -0.05) is 12.1 Å². The van der Waals surface area contributed by atoms with Crippen LogP contribution in [0, 0.1) is 0 Å². The van der Waals surface area contributed by atoms with Gasteiger partial charge in [-0.25, -0.2) is 4.98 Å². The molecule has 3 rings (SSSR count). The molecule has 1 fully saturated rings. The predicted molar refractivity (Wildman–Crippen MR) is 106 cm³/mol. The summed E-state index contributed by atoms with van der Waals surface area (Å²) in [6.45, 7) is 3.48. The maximum absolute atomic E-state index is 12.4. The summed E-state index contributed by atoms with van der Waals surface area (Å²) in [6, 6.07) is 4.12. The van der Waals surface area contributed by atoms with E-state index in [1.807, 2.05) is 29.3 Å². The number of allylic oxidation sites excluding steroid dienone is 1. The molecule has 0 aromatic carbocycles. The number of hydrogen-bond donors (Lipinski definition) is 2. The van der Waals surface area contributed by atoms with Crippen molar-refractivity contribution in [3.63, 3.8) is 0 Å².